The number of aromatic hydroxyl groups is 1. The maximum absolute atomic E-state index is 11.8. The van der Waals surface area contributed by atoms with Crippen molar-refractivity contribution < 1.29 is 22.9 Å². The van der Waals surface area contributed by atoms with E-state index in [0.717, 1.165) is 0 Å². The minimum absolute atomic E-state index is 0.0804. The molecule has 3 N–H and O–H groups in total. The van der Waals surface area contributed by atoms with Crippen molar-refractivity contribution >= 4 is 21.5 Å². The van der Waals surface area contributed by atoms with Gasteiger partial charge in [0.15, 0.2) is 0 Å². The largest absolute Gasteiger partial charge is 0.508 e. The summed E-state index contributed by atoms with van der Waals surface area (Å²) >= 11 is 0. The summed E-state index contributed by atoms with van der Waals surface area (Å²) in [6.07, 6.45) is 6.29. The van der Waals surface area contributed by atoms with Gasteiger partial charge in [-0.1, -0.05) is 30.3 Å². The molecule has 6 heteroatoms. The van der Waals surface area contributed by atoms with Crippen molar-refractivity contribution in [3.63, 3.8) is 0 Å². The van der Waals surface area contributed by atoms with Gasteiger partial charge in [-0.3, -0.25) is 9.35 Å². The molecule has 1 aliphatic carbocycles. The Morgan fingerprint density at radius 2 is 1.48 bits per heavy atom. The zero-order valence-corrected chi connectivity index (χ0v) is 13.8. The number of phenolic OH excluding ortho intramolecular Hbond substituents is 1. The molecule has 0 amide bonds. The normalized spacial score (nSPS) is 14.0. The fourth-order valence-electron chi connectivity index (χ4n) is 2.63. The third-order valence-corrected chi connectivity index (χ3v) is 4.66. The van der Waals surface area contributed by atoms with Gasteiger partial charge < -0.3 is 5.11 Å². The third-order valence-electron chi connectivity index (χ3n) is 3.75. The van der Waals surface area contributed by atoms with E-state index in [1.807, 2.05) is 0 Å². The van der Waals surface area contributed by atoms with Crippen LogP contribution in [0.1, 0.15) is 11.1 Å². The Bertz CT molecular complexity index is 1010. The van der Waals surface area contributed by atoms with Crippen LogP contribution in [0.2, 0.25) is 0 Å². The second-order valence-corrected chi connectivity index (χ2v) is 6.83. The molecule has 5 nitrogen and oxygen atoms in total. The number of rotatable bonds is 3. The molecular formula is C19H15O5S+. The van der Waals surface area contributed by atoms with Crippen molar-refractivity contribution in [1.82, 2.24) is 0 Å². The van der Waals surface area contributed by atoms with Gasteiger partial charge >= 0.3 is 5.78 Å². The summed E-state index contributed by atoms with van der Waals surface area (Å²) in [6.45, 7) is 0. The lowest BCUT2D eigenvalue weighted by Crippen LogP contribution is -2.05. The predicted molar refractivity (Wildman–Crippen MR) is 95.6 cm³/mol. The Morgan fingerprint density at radius 3 is 2.08 bits per heavy atom. The van der Waals surface area contributed by atoms with Crippen molar-refractivity contribution in [3.05, 3.63) is 89.5 Å². The molecule has 0 atom stereocenters. The Morgan fingerprint density at radius 1 is 0.880 bits per heavy atom. The van der Waals surface area contributed by atoms with Crippen LogP contribution in [-0.2, 0) is 10.1 Å². The van der Waals surface area contributed by atoms with E-state index in [1.54, 1.807) is 36.4 Å². The van der Waals surface area contributed by atoms with Crippen LogP contribution >= 0.6 is 0 Å². The molecule has 0 heterocycles. The standard InChI is InChI=1S/C19H14O5S/c20-15-9-5-13(6-10-15)19(14-7-11-16(21)12-8-14)17-3-1-2-4-18(17)25(22,23)24/h1-12,20H,(H,22,23,24)/p+1. The average molecular weight is 355 g/mol. The van der Waals surface area contributed by atoms with E-state index in [0.29, 0.717) is 22.3 Å². The smallest absolute Gasteiger partial charge is 0.340 e. The first-order valence-electron chi connectivity index (χ1n) is 7.39. The summed E-state index contributed by atoms with van der Waals surface area (Å²) in [5.41, 5.74) is 2.17. The molecule has 2 aromatic carbocycles. The van der Waals surface area contributed by atoms with Crippen LogP contribution < -0.4 is 0 Å². The monoisotopic (exact) mass is 355 g/mol. The molecule has 0 spiro atoms. The van der Waals surface area contributed by atoms with Crippen LogP contribution in [-0.4, -0.2) is 28.7 Å². The van der Waals surface area contributed by atoms with Crippen molar-refractivity contribution in [1.29, 1.82) is 0 Å². The first-order valence-corrected chi connectivity index (χ1v) is 8.83. The number of ketones is 1. The predicted octanol–water partition coefficient (Wildman–Crippen LogP) is 3.11. The van der Waals surface area contributed by atoms with Crippen molar-refractivity contribution in [2.45, 2.75) is 4.90 Å². The molecule has 0 bridgehead atoms. The van der Waals surface area contributed by atoms with Gasteiger partial charge in [-0.05, 0) is 47.1 Å². The zero-order valence-electron chi connectivity index (χ0n) is 13.0. The first kappa shape index (κ1) is 16.9. The van der Waals surface area contributed by atoms with Crippen LogP contribution in [0.4, 0.5) is 0 Å². The molecule has 0 saturated heterocycles. The van der Waals surface area contributed by atoms with E-state index in [2.05, 4.69) is 0 Å². The topological polar surface area (TPSA) is 96.0 Å². The van der Waals surface area contributed by atoms with Gasteiger partial charge in [-0.15, -0.1) is 0 Å². The van der Waals surface area contributed by atoms with E-state index >= 15 is 0 Å². The third kappa shape index (κ3) is 3.60. The molecule has 0 unspecified atom stereocenters. The Labute approximate surface area is 145 Å². The SMILES string of the molecule is O=S(=O)(O)c1ccccc1C(=C1C=CC(=[OH+])C=C1)c1ccc(O)cc1. The van der Waals surface area contributed by atoms with Crippen molar-refractivity contribution in [3.8, 4) is 5.75 Å². The van der Waals surface area contributed by atoms with Gasteiger partial charge in [0, 0.05) is 17.7 Å². The lowest BCUT2D eigenvalue weighted by atomic mass is 9.91. The minimum atomic E-state index is -4.43. The highest BCUT2D eigenvalue weighted by molar-refractivity contribution is 7.86. The van der Waals surface area contributed by atoms with Crippen LogP contribution in [0.25, 0.3) is 5.57 Å². The number of hydrogen-bond acceptors (Lipinski definition) is 3. The van der Waals surface area contributed by atoms with Crippen LogP contribution in [0.5, 0.6) is 5.75 Å². The lowest BCUT2D eigenvalue weighted by molar-refractivity contribution is 0.475. The van der Waals surface area contributed by atoms with Crippen LogP contribution in [0, 0.1) is 0 Å². The van der Waals surface area contributed by atoms with Gasteiger partial charge in [0.05, 0.1) is 0 Å². The summed E-state index contributed by atoms with van der Waals surface area (Å²) in [7, 11) is -4.43. The highest BCUT2D eigenvalue weighted by Gasteiger charge is 2.21. The summed E-state index contributed by atoms with van der Waals surface area (Å²) in [5.74, 6) is 0.161. The van der Waals surface area contributed by atoms with Crippen LogP contribution in [0.3, 0.4) is 0 Å². The molecule has 0 fully saturated rings. The highest BCUT2D eigenvalue weighted by atomic mass is 32.2. The van der Waals surface area contributed by atoms with Gasteiger partial charge in [0.1, 0.15) is 10.6 Å². The number of hydrogen-bond donors (Lipinski definition) is 2. The summed E-state index contributed by atoms with van der Waals surface area (Å²) in [6, 6.07) is 12.4. The van der Waals surface area contributed by atoms with Gasteiger partial charge in [0.2, 0.25) is 0 Å². The molecule has 0 saturated carbocycles. The number of benzene rings is 2. The molecule has 2 aromatic rings. The van der Waals surface area contributed by atoms with E-state index in [9.17, 15) is 22.9 Å². The fourth-order valence-corrected chi connectivity index (χ4v) is 3.33. The van der Waals surface area contributed by atoms with E-state index in [-0.39, 0.29) is 16.4 Å². The zero-order chi connectivity index (χ0) is 18.0. The molecule has 1 aliphatic rings. The Kier molecular flexibility index (Phi) is 4.39. The van der Waals surface area contributed by atoms with E-state index in [4.69, 9.17) is 0 Å². The highest BCUT2D eigenvalue weighted by Crippen LogP contribution is 2.34. The summed E-state index contributed by atoms with van der Waals surface area (Å²) in [4.78, 5) is 9.31. The molecule has 126 valence electrons. The van der Waals surface area contributed by atoms with Gasteiger partial charge in [-0.2, -0.15) is 8.42 Å². The molecule has 0 aliphatic heterocycles. The average Bonchev–Trinajstić information content (AvgIpc) is 2.58. The second kappa shape index (κ2) is 6.51. The minimum Gasteiger partial charge on any atom is -0.508 e. The maximum atomic E-state index is 11.8. The summed E-state index contributed by atoms with van der Waals surface area (Å²) in [5, 5.41) is 9.52. The van der Waals surface area contributed by atoms with Crippen molar-refractivity contribution in [2.24, 2.45) is 0 Å². The fraction of sp³-hybridized carbons (Fsp3) is 0. The molecule has 0 radical (unpaired) electrons. The molecule has 0 aromatic heterocycles. The number of phenols is 1. The number of allylic oxidation sites excluding steroid dienone is 5. The van der Waals surface area contributed by atoms with Gasteiger partial charge in [0.25, 0.3) is 10.1 Å². The maximum Gasteiger partial charge on any atom is 0.340 e. The van der Waals surface area contributed by atoms with Gasteiger partial charge in [-0.25, -0.2) is 0 Å². The van der Waals surface area contributed by atoms with E-state index < -0.39 is 10.1 Å². The number of carbonyl (C=O) groups excluding carboxylic acids is 1. The Balaban J connectivity index is 2.33. The first-order chi connectivity index (χ1) is 11.9. The molecule has 3 rings (SSSR count). The summed E-state index contributed by atoms with van der Waals surface area (Å²) < 4.78 is 33.2. The quantitative estimate of drug-likeness (QED) is 0.653. The van der Waals surface area contributed by atoms with Crippen molar-refractivity contribution in [2.75, 3.05) is 0 Å². The lowest BCUT2D eigenvalue weighted by Gasteiger charge is -2.15. The molecular weight excluding hydrogens is 340 g/mol. The Hall–Kier alpha value is -2.96. The van der Waals surface area contributed by atoms with E-state index in [1.165, 1.54) is 36.4 Å². The van der Waals surface area contributed by atoms with Crippen LogP contribution in [0.15, 0.2) is 83.3 Å². The second-order valence-electron chi connectivity index (χ2n) is 5.44. The molecule has 25 heavy (non-hydrogen) atoms.